The van der Waals surface area contributed by atoms with E-state index in [1.165, 1.54) is 0 Å². The maximum atomic E-state index is 10.7. The zero-order valence-corrected chi connectivity index (χ0v) is 12.3. The van der Waals surface area contributed by atoms with Gasteiger partial charge >= 0.3 is 5.97 Å². The second kappa shape index (κ2) is 6.66. The summed E-state index contributed by atoms with van der Waals surface area (Å²) in [5.74, 6) is -0.964. The van der Waals surface area contributed by atoms with Crippen molar-refractivity contribution < 1.29 is 9.90 Å². The van der Waals surface area contributed by atoms with Gasteiger partial charge in [-0.25, -0.2) is 4.79 Å². The molecule has 112 valence electrons. The molecule has 4 heteroatoms. The van der Waals surface area contributed by atoms with Gasteiger partial charge in [-0.15, -0.1) is 0 Å². The summed E-state index contributed by atoms with van der Waals surface area (Å²) in [6.07, 6.45) is 9.71. The SMILES string of the molecule is O=C(O)/C=C/c1ccc(-c2ccncc2)c(-c2ccncc2)c1. The second-order valence-electron chi connectivity index (χ2n) is 4.95. The molecular weight excluding hydrogens is 288 g/mol. The van der Waals surface area contributed by atoms with Gasteiger partial charge in [0, 0.05) is 30.9 Å². The molecule has 0 aliphatic rings. The fourth-order valence-corrected chi connectivity index (χ4v) is 2.39. The monoisotopic (exact) mass is 302 g/mol. The van der Waals surface area contributed by atoms with E-state index in [-0.39, 0.29) is 0 Å². The predicted molar refractivity (Wildman–Crippen MR) is 89.6 cm³/mol. The number of nitrogens with zero attached hydrogens (tertiary/aromatic N) is 2. The summed E-state index contributed by atoms with van der Waals surface area (Å²) < 4.78 is 0. The maximum Gasteiger partial charge on any atom is 0.328 e. The van der Waals surface area contributed by atoms with Gasteiger partial charge in [-0.1, -0.05) is 12.1 Å². The number of pyridine rings is 2. The van der Waals surface area contributed by atoms with Gasteiger partial charge in [-0.2, -0.15) is 0 Å². The Morgan fingerprint density at radius 1 is 0.826 bits per heavy atom. The highest BCUT2D eigenvalue weighted by molar-refractivity contribution is 5.88. The van der Waals surface area contributed by atoms with Crippen LogP contribution in [0.25, 0.3) is 28.3 Å². The highest BCUT2D eigenvalue weighted by Gasteiger charge is 2.08. The zero-order chi connectivity index (χ0) is 16.1. The number of benzene rings is 1. The fourth-order valence-electron chi connectivity index (χ4n) is 2.39. The molecule has 0 amide bonds. The Morgan fingerprint density at radius 2 is 1.39 bits per heavy atom. The highest BCUT2D eigenvalue weighted by Crippen LogP contribution is 2.32. The summed E-state index contributed by atoms with van der Waals surface area (Å²) in [6, 6.07) is 13.6. The lowest BCUT2D eigenvalue weighted by molar-refractivity contribution is -0.131. The van der Waals surface area contributed by atoms with Crippen LogP contribution in [0.5, 0.6) is 0 Å². The summed E-state index contributed by atoms with van der Waals surface area (Å²) >= 11 is 0. The third-order valence-electron chi connectivity index (χ3n) is 3.44. The minimum Gasteiger partial charge on any atom is -0.478 e. The number of aromatic nitrogens is 2. The normalized spacial score (nSPS) is 10.8. The third kappa shape index (κ3) is 3.49. The van der Waals surface area contributed by atoms with Gasteiger partial charge in [0.2, 0.25) is 0 Å². The molecule has 0 aliphatic heterocycles. The number of rotatable bonds is 4. The van der Waals surface area contributed by atoms with Crippen molar-refractivity contribution >= 4 is 12.0 Å². The summed E-state index contributed by atoms with van der Waals surface area (Å²) in [6.45, 7) is 0. The van der Waals surface area contributed by atoms with Crippen LogP contribution in [0.3, 0.4) is 0 Å². The predicted octanol–water partition coefficient (Wildman–Crippen LogP) is 3.91. The molecule has 0 radical (unpaired) electrons. The maximum absolute atomic E-state index is 10.7. The number of carboxylic acids is 1. The molecule has 3 rings (SSSR count). The lowest BCUT2D eigenvalue weighted by atomic mass is 9.93. The zero-order valence-electron chi connectivity index (χ0n) is 12.3. The summed E-state index contributed by atoms with van der Waals surface area (Å²) in [7, 11) is 0. The van der Waals surface area contributed by atoms with Crippen LogP contribution in [0.15, 0.2) is 73.3 Å². The van der Waals surface area contributed by atoms with Crippen molar-refractivity contribution in [2.24, 2.45) is 0 Å². The molecule has 0 unspecified atom stereocenters. The van der Waals surface area contributed by atoms with Gasteiger partial charge in [-0.3, -0.25) is 9.97 Å². The largest absolute Gasteiger partial charge is 0.478 e. The topological polar surface area (TPSA) is 63.1 Å². The van der Waals surface area contributed by atoms with Crippen LogP contribution in [-0.4, -0.2) is 21.0 Å². The molecule has 0 aliphatic carbocycles. The Balaban J connectivity index is 2.15. The molecular formula is C19H14N2O2. The Morgan fingerprint density at radius 3 is 1.96 bits per heavy atom. The summed E-state index contributed by atoms with van der Waals surface area (Å²) in [5.41, 5.74) is 4.99. The molecule has 3 aromatic rings. The standard InChI is InChI=1S/C19H14N2O2/c22-19(23)4-2-14-1-3-17(15-5-9-20-10-6-15)18(13-14)16-7-11-21-12-8-16/h1-13H,(H,22,23)/b4-2+. The van der Waals surface area contributed by atoms with Crippen LogP contribution in [0, 0.1) is 0 Å². The molecule has 0 bridgehead atoms. The first kappa shape index (κ1) is 14.7. The minimum atomic E-state index is -0.964. The lowest BCUT2D eigenvalue weighted by Gasteiger charge is -2.11. The van der Waals surface area contributed by atoms with E-state index in [1.54, 1.807) is 30.9 Å². The number of carbonyl (C=O) groups is 1. The quantitative estimate of drug-likeness (QED) is 0.742. The van der Waals surface area contributed by atoms with Gasteiger partial charge < -0.3 is 5.11 Å². The van der Waals surface area contributed by atoms with Crippen LogP contribution < -0.4 is 0 Å². The van der Waals surface area contributed by atoms with E-state index in [0.717, 1.165) is 33.9 Å². The van der Waals surface area contributed by atoms with Crippen LogP contribution in [0.2, 0.25) is 0 Å². The molecule has 0 fully saturated rings. The van der Waals surface area contributed by atoms with Crippen molar-refractivity contribution in [1.82, 2.24) is 9.97 Å². The molecule has 0 saturated heterocycles. The number of aliphatic carboxylic acids is 1. The third-order valence-corrected chi connectivity index (χ3v) is 3.44. The molecule has 2 heterocycles. The lowest BCUT2D eigenvalue weighted by Crippen LogP contribution is -1.89. The van der Waals surface area contributed by atoms with Crippen molar-refractivity contribution in [3.8, 4) is 22.3 Å². The van der Waals surface area contributed by atoms with Crippen LogP contribution >= 0.6 is 0 Å². The van der Waals surface area contributed by atoms with Gasteiger partial charge in [0.1, 0.15) is 0 Å². The molecule has 23 heavy (non-hydrogen) atoms. The van der Waals surface area contributed by atoms with E-state index >= 15 is 0 Å². The Kier molecular flexibility index (Phi) is 4.25. The van der Waals surface area contributed by atoms with Crippen LogP contribution in [-0.2, 0) is 4.79 Å². The Hall–Kier alpha value is -3.27. The van der Waals surface area contributed by atoms with Crippen molar-refractivity contribution in [1.29, 1.82) is 0 Å². The fraction of sp³-hybridized carbons (Fsp3) is 0. The average Bonchev–Trinajstić information content (AvgIpc) is 2.61. The smallest absolute Gasteiger partial charge is 0.328 e. The van der Waals surface area contributed by atoms with Gasteiger partial charge in [0.15, 0.2) is 0 Å². The number of carboxylic acid groups (broad SMARTS) is 1. The molecule has 2 aromatic heterocycles. The van der Waals surface area contributed by atoms with Crippen LogP contribution in [0.4, 0.5) is 0 Å². The van der Waals surface area contributed by atoms with Gasteiger partial charge in [0.25, 0.3) is 0 Å². The Labute approximate surface area is 133 Å². The highest BCUT2D eigenvalue weighted by atomic mass is 16.4. The molecule has 1 aromatic carbocycles. The van der Waals surface area contributed by atoms with E-state index in [9.17, 15) is 4.79 Å². The van der Waals surface area contributed by atoms with Crippen LogP contribution in [0.1, 0.15) is 5.56 Å². The van der Waals surface area contributed by atoms with Crippen molar-refractivity contribution in [2.75, 3.05) is 0 Å². The Bertz CT molecular complexity index is 844. The van der Waals surface area contributed by atoms with Gasteiger partial charge in [0.05, 0.1) is 0 Å². The second-order valence-corrected chi connectivity index (χ2v) is 4.95. The molecule has 0 saturated carbocycles. The van der Waals surface area contributed by atoms with E-state index < -0.39 is 5.97 Å². The molecule has 0 atom stereocenters. The average molecular weight is 302 g/mol. The van der Waals surface area contributed by atoms with Crippen molar-refractivity contribution in [3.63, 3.8) is 0 Å². The van der Waals surface area contributed by atoms with E-state index in [0.29, 0.717) is 0 Å². The first-order valence-electron chi connectivity index (χ1n) is 7.10. The van der Waals surface area contributed by atoms with E-state index in [1.807, 2.05) is 42.5 Å². The number of hydrogen-bond donors (Lipinski definition) is 1. The summed E-state index contributed by atoms with van der Waals surface area (Å²) in [5, 5.41) is 8.79. The van der Waals surface area contributed by atoms with Crippen molar-refractivity contribution in [2.45, 2.75) is 0 Å². The minimum absolute atomic E-state index is 0.831. The van der Waals surface area contributed by atoms with Crippen molar-refractivity contribution in [3.05, 3.63) is 78.9 Å². The molecule has 0 spiro atoms. The van der Waals surface area contributed by atoms with E-state index in [2.05, 4.69) is 9.97 Å². The summed E-state index contributed by atoms with van der Waals surface area (Å²) in [4.78, 5) is 18.8. The number of hydrogen-bond acceptors (Lipinski definition) is 3. The molecule has 1 N–H and O–H groups in total. The van der Waals surface area contributed by atoms with Gasteiger partial charge in [-0.05, 0) is 64.2 Å². The first-order chi connectivity index (χ1) is 11.2. The molecule has 4 nitrogen and oxygen atoms in total. The first-order valence-corrected chi connectivity index (χ1v) is 7.10. The van der Waals surface area contributed by atoms with E-state index in [4.69, 9.17) is 5.11 Å².